The number of aliphatic hydroxyl groups is 1. The first-order chi connectivity index (χ1) is 9.36. The summed E-state index contributed by atoms with van der Waals surface area (Å²) < 4.78 is 0. The van der Waals surface area contributed by atoms with Gasteiger partial charge in [-0.1, -0.05) is 19.1 Å². The second-order valence-corrected chi connectivity index (χ2v) is 5.54. The summed E-state index contributed by atoms with van der Waals surface area (Å²) in [6, 6.07) is 7.33. The third-order valence-corrected chi connectivity index (χ3v) is 3.76. The van der Waals surface area contributed by atoms with Gasteiger partial charge in [-0.15, -0.1) is 0 Å². The maximum atomic E-state index is 11.9. The van der Waals surface area contributed by atoms with Gasteiger partial charge in [0.2, 0.25) is 5.91 Å². The van der Waals surface area contributed by atoms with Crippen molar-refractivity contribution in [2.24, 2.45) is 0 Å². The fourth-order valence-corrected chi connectivity index (χ4v) is 2.31. The molecule has 0 bridgehead atoms. The van der Waals surface area contributed by atoms with Crippen LogP contribution in [-0.2, 0) is 9.59 Å². The number of anilines is 1. The Morgan fingerprint density at radius 3 is 2.45 bits per heavy atom. The molecule has 108 valence electrons. The number of amides is 2. The molecule has 1 aliphatic heterocycles. The molecule has 1 saturated heterocycles. The van der Waals surface area contributed by atoms with Gasteiger partial charge in [-0.05, 0) is 38.0 Å². The van der Waals surface area contributed by atoms with Gasteiger partial charge in [0, 0.05) is 5.69 Å². The minimum Gasteiger partial charge on any atom is -0.388 e. The lowest BCUT2D eigenvalue weighted by Gasteiger charge is -2.41. The summed E-state index contributed by atoms with van der Waals surface area (Å²) in [6.07, 6.45) is 0.165. The number of imide groups is 1. The molecule has 2 rings (SSSR count). The predicted octanol–water partition coefficient (Wildman–Crippen LogP) is 1.37. The van der Waals surface area contributed by atoms with Crippen molar-refractivity contribution in [1.29, 1.82) is 0 Å². The Labute approximate surface area is 118 Å². The highest BCUT2D eigenvalue weighted by molar-refractivity contribution is 6.06. The summed E-state index contributed by atoms with van der Waals surface area (Å²) in [6.45, 7) is 5.62. The Morgan fingerprint density at radius 2 is 1.90 bits per heavy atom. The van der Waals surface area contributed by atoms with E-state index in [1.54, 1.807) is 18.7 Å². The van der Waals surface area contributed by atoms with Gasteiger partial charge >= 0.3 is 0 Å². The molecule has 1 fully saturated rings. The van der Waals surface area contributed by atoms with Gasteiger partial charge in [0.25, 0.3) is 5.91 Å². The molecule has 1 heterocycles. The Morgan fingerprint density at radius 1 is 1.30 bits per heavy atom. The minimum atomic E-state index is -0.779. The molecule has 5 nitrogen and oxygen atoms in total. The third-order valence-electron chi connectivity index (χ3n) is 3.76. The summed E-state index contributed by atoms with van der Waals surface area (Å²) in [7, 11) is 0. The first-order valence-electron chi connectivity index (χ1n) is 6.76. The third kappa shape index (κ3) is 2.54. The standard InChI is InChI=1S/C15H20N2O3/c1-4-12(18)10-5-7-11(8-6-10)17-9-13(19)16-14(20)15(17,2)3/h5-8,12,18H,4,9H2,1-3H3,(H,16,19,20)/t12-/m0/s1. The van der Waals surface area contributed by atoms with Crippen LogP contribution in [0, 0.1) is 0 Å². The van der Waals surface area contributed by atoms with Crippen molar-refractivity contribution in [3.8, 4) is 0 Å². The second kappa shape index (κ2) is 5.25. The van der Waals surface area contributed by atoms with E-state index in [4.69, 9.17) is 0 Å². The molecule has 0 unspecified atom stereocenters. The van der Waals surface area contributed by atoms with Crippen molar-refractivity contribution in [3.63, 3.8) is 0 Å². The summed E-state index contributed by atoms with van der Waals surface area (Å²) in [4.78, 5) is 25.2. The van der Waals surface area contributed by atoms with Crippen LogP contribution in [0.25, 0.3) is 0 Å². The van der Waals surface area contributed by atoms with Crippen molar-refractivity contribution in [3.05, 3.63) is 29.8 Å². The van der Waals surface area contributed by atoms with Gasteiger partial charge in [0.05, 0.1) is 12.6 Å². The fraction of sp³-hybridized carbons (Fsp3) is 0.467. The summed E-state index contributed by atoms with van der Waals surface area (Å²) in [5.74, 6) is -0.599. The van der Waals surface area contributed by atoms with Crippen LogP contribution in [0.2, 0.25) is 0 Å². The van der Waals surface area contributed by atoms with Gasteiger partial charge in [0.15, 0.2) is 0 Å². The summed E-state index contributed by atoms with van der Waals surface area (Å²) >= 11 is 0. The van der Waals surface area contributed by atoms with E-state index >= 15 is 0 Å². The van der Waals surface area contributed by atoms with Crippen molar-refractivity contribution < 1.29 is 14.7 Å². The Bertz CT molecular complexity index is 522. The van der Waals surface area contributed by atoms with E-state index in [1.807, 2.05) is 31.2 Å². The van der Waals surface area contributed by atoms with E-state index in [0.717, 1.165) is 11.3 Å². The highest BCUT2D eigenvalue weighted by atomic mass is 16.3. The largest absolute Gasteiger partial charge is 0.388 e. The first-order valence-corrected chi connectivity index (χ1v) is 6.76. The number of nitrogens with one attached hydrogen (secondary N) is 1. The molecule has 1 aromatic carbocycles. The molecule has 1 aromatic rings. The first kappa shape index (κ1) is 14.5. The molecule has 0 aromatic heterocycles. The number of rotatable bonds is 3. The van der Waals surface area contributed by atoms with Crippen LogP contribution in [0.15, 0.2) is 24.3 Å². The van der Waals surface area contributed by atoms with Gasteiger partial charge in [-0.3, -0.25) is 14.9 Å². The maximum Gasteiger partial charge on any atom is 0.251 e. The second-order valence-electron chi connectivity index (χ2n) is 5.54. The monoisotopic (exact) mass is 276 g/mol. The van der Waals surface area contributed by atoms with E-state index < -0.39 is 11.6 Å². The lowest BCUT2D eigenvalue weighted by atomic mass is 9.97. The molecule has 1 aliphatic rings. The van der Waals surface area contributed by atoms with Crippen LogP contribution < -0.4 is 10.2 Å². The van der Waals surface area contributed by atoms with Crippen molar-refractivity contribution in [2.45, 2.75) is 38.8 Å². The number of benzene rings is 1. The zero-order valence-electron chi connectivity index (χ0n) is 12.0. The number of aliphatic hydroxyl groups excluding tert-OH is 1. The van der Waals surface area contributed by atoms with E-state index in [0.29, 0.717) is 6.42 Å². The number of hydrogen-bond donors (Lipinski definition) is 2. The maximum absolute atomic E-state index is 11.9. The quantitative estimate of drug-likeness (QED) is 0.818. The number of piperazine rings is 1. The Kier molecular flexibility index (Phi) is 3.81. The van der Waals surface area contributed by atoms with Crippen LogP contribution in [0.4, 0.5) is 5.69 Å². The van der Waals surface area contributed by atoms with E-state index in [-0.39, 0.29) is 18.4 Å². The zero-order chi connectivity index (χ0) is 14.9. The van der Waals surface area contributed by atoms with Gasteiger partial charge in [0.1, 0.15) is 5.54 Å². The smallest absolute Gasteiger partial charge is 0.251 e. The topological polar surface area (TPSA) is 69.6 Å². The average molecular weight is 276 g/mol. The predicted molar refractivity (Wildman–Crippen MR) is 76.3 cm³/mol. The summed E-state index contributed by atoms with van der Waals surface area (Å²) in [5.41, 5.74) is 0.853. The molecule has 1 atom stereocenters. The van der Waals surface area contributed by atoms with Gasteiger partial charge in [-0.2, -0.15) is 0 Å². The molecule has 2 N–H and O–H groups in total. The number of carbonyl (C=O) groups excluding carboxylic acids is 2. The van der Waals surface area contributed by atoms with Crippen molar-refractivity contribution >= 4 is 17.5 Å². The minimum absolute atomic E-state index is 0.147. The Hall–Kier alpha value is -1.88. The molecule has 0 aliphatic carbocycles. The average Bonchev–Trinajstić information content (AvgIpc) is 2.42. The molecule has 0 radical (unpaired) electrons. The van der Waals surface area contributed by atoms with Crippen LogP contribution in [-0.4, -0.2) is 29.0 Å². The number of carbonyl (C=O) groups is 2. The number of nitrogens with zero attached hydrogens (tertiary/aromatic N) is 1. The van der Waals surface area contributed by atoms with Crippen LogP contribution in [0.5, 0.6) is 0 Å². The SMILES string of the molecule is CC[C@H](O)c1ccc(N2CC(=O)NC(=O)C2(C)C)cc1. The van der Waals surface area contributed by atoms with E-state index in [2.05, 4.69) is 5.32 Å². The molecule has 0 spiro atoms. The molecular formula is C15H20N2O3. The molecule has 0 saturated carbocycles. The molecule has 5 heteroatoms. The van der Waals surface area contributed by atoms with Gasteiger partial charge < -0.3 is 10.0 Å². The van der Waals surface area contributed by atoms with Crippen LogP contribution in [0.1, 0.15) is 38.9 Å². The van der Waals surface area contributed by atoms with Crippen molar-refractivity contribution in [2.75, 3.05) is 11.4 Å². The highest BCUT2D eigenvalue weighted by Crippen LogP contribution is 2.28. The molecule has 20 heavy (non-hydrogen) atoms. The normalized spacial score (nSPS) is 19.7. The Balaban J connectivity index is 2.30. The lowest BCUT2D eigenvalue weighted by molar-refractivity contribution is -0.135. The molecule has 2 amide bonds. The van der Waals surface area contributed by atoms with E-state index in [1.165, 1.54) is 0 Å². The van der Waals surface area contributed by atoms with Crippen LogP contribution >= 0.6 is 0 Å². The van der Waals surface area contributed by atoms with Crippen molar-refractivity contribution in [1.82, 2.24) is 5.32 Å². The zero-order valence-corrected chi connectivity index (χ0v) is 12.0. The highest BCUT2D eigenvalue weighted by Gasteiger charge is 2.40. The fourth-order valence-electron chi connectivity index (χ4n) is 2.31. The van der Waals surface area contributed by atoms with Gasteiger partial charge in [-0.25, -0.2) is 0 Å². The van der Waals surface area contributed by atoms with Crippen LogP contribution in [0.3, 0.4) is 0 Å². The number of hydrogen-bond acceptors (Lipinski definition) is 4. The lowest BCUT2D eigenvalue weighted by Crippen LogP contribution is -2.64. The molecular weight excluding hydrogens is 256 g/mol. The van der Waals surface area contributed by atoms with E-state index in [9.17, 15) is 14.7 Å². The summed E-state index contributed by atoms with van der Waals surface area (Å²) in [5, 5.41) is 12.1.